The summed E-state index contributed by atoms with van der Waals surface area (Å²) in [5, 5.41) is 0. The maximum atomic E-state index is 5.08. The summed E-state index contributed by atoms with van der Waals surface area (Å²) in [5.74, 6) is 0. The number of hydrogen-bond donors (Lipinski definition) is 1. The molecule has 2 N–H and O–H groups in total. The van der Waals surface area contributed by atoms with Crippen LogP contribution in [-0.2, 0) is 0 Å². The van der Waals surface area contributed by atoms with Gasteiger partial charge in [0.15, 0.2) is 0 Å². The van der Waals surface area contributed by atoms with Gasteiger partial charge in [0.2, 0.25) is 0 Å². The van der Waals surface area contributed by atoms with Gasteiger partial charge >= 0.3 is 0 Å². The largest absolute Gasteiger partial charge is 0.329 e. The lowest BCUT2D eigenvalue weighted by molar-refractivity contribution is 1.13. The fourth-order valence-corrected chi connectivity index (χ4v) is 0. The topological polar surface area (TPSA) is 26.0 Å². The first-order valence-corrected chi connectivity index (χ1v) is 3.08. The second-order valence-corrected chi connectivity index (χ2v) is 4.07. The van der Waals surface area contributed by atoms with Crippen LogP contribution in [0.4, 0.5) is 0 Å². The average Bonchev–Trinajstić information content (AvgIpc) is 1.38. The van der Waals surface area contributed by atoms with Crippen LogP contribution in [0.3, 0.4) is 0 Å². The zero-order valence-electron chi connectivity index (χ0n) is 3.03. The molecule has 0 aromatic carbocycles. The Morgan fingerprint density at radius 2 is 1.67 bits per heavy atom. The van der Waals surface area contributed by atoms with Gasteiger partial charge in [-0.15, -0.1) is 12.4 Å². The Morgan fingerprint density at radius 3 is 1.67 bits per heavy atom. The van der Waals surface area contributed by atoms with Gasteiger partial charge in [0, 0.05) is 6.54 Å². The Hall–Kier alpha value is 1.21. The molecule has 0 aromatic heterocycles. The van der Waals surface area contributed by atoms with Gasteiger partial charge in [-0.2, -0.15) is 0 Å². The van der Waals surface area contributed by atoms with E-state index in [9.17, 15) is 0 Å². The van der Waals surface area contributed by atoms with Crippen LogP contribution in [-0.4, -0.2) is 10.3 Å². The minimum Gasteiger partial charge on any atom is -0.329 e. The first-order valence-electron chi connectivity index (χ1n) is 1.25. The van der Waals surface area contributed by atoms with Crippen molar-refractivity contribution in [3.05, 3.63) is 0 Å². The Bertz CT molecular complexity index is 25.5. The molecule has 0 aliphatic rings. The number of rotatable bonds is 1. The quantitative estimate of drug-likeness (QED) is 0.689. The van der Waals surface area contributed by atoms with Crippen molar-refractivity contribution in [3.63, 3.8) is 0 Å². The lowest BCUT2D eigenvalue weighted by Gasteiger charge is -1.86. The molecule has 0 aromatic rings. The van der Waals surface area contributed by atoms with E-state index in [1.54, 1.807) is 0 Å². The summed E-state index contributed by atoms with van der Waals surface area (Å²) >= 11 is 6.33. The third-order valence-electron chi connectivity index (χ3n) is 0.178. The Labute approximate surface area is 60.3 Å². The van der Waals surface area contributed by atoms with Crippen molar-refractivity contribution in [2.24, 2.45) is 5.73 Å². The van der Waals surface area contributed by atoms with Crippen molar-refractivity contribution in [2.75, 3.05) is 6.54 Å². The molecule has 4 heteroatoms. The fourth-order valence-electron chi connectivity index (χ4n) is 0. The van der Waals surface area contributed by atoms with Crippen LogP contribution in [0.15, 0.2) is 0 Å². The van der Waals surface area contributed by atoms with Crippen LogP contribution >= 0.6 is 44.3 Å². The molecule has 0 spiro atoms. The third-order valence-corrected chi connectivity index (χ3v) is 0.926. The highest BCUT2D eigenvalue weighted by Gasteiger charge is 1.85. The fraction of sp³-hybridized carbons (Fsp3) is 1.00. The molecule has 0 fully saturated rings. The summed E-state index contributed by atoms with van der Waals surface area (Å²) < 4.78 is 0.287. The zero-order valence-corrected chi connectivity index (χ0v) is 7.01. The normalized spacial score (nSPS) is 8.00. The average molecular weight is 239 g/mol. The highest BCUT2D eigenvalue weighted by atomic mass is 79.9. The molecule has 0 heterocycles. The van der Waals surface area contributed by atoms with Gasteiger partial charge in [-0.05, 0) is 0 Å². The van der Waals surface area contributed by atoms with Crippen LogP contribution in [0.2, 0.25) is 0 Å². The van der Waals surface area contributed by atoms with Crippen molar-refractivity contribution in [1.29, 1.82) is 0 Å². The molecular weight excluding hydrogens is 233 g/mol. The first-order chi connectivity index (χ1) is 2.27. The van der Waals surface area contributed by atoms with Crippen molar-refractivity contribution in [1.82, 2.24) is 0 Å². The predicted octanol–water partition coefficient (Wildman–Crippen LogP) is 1.48. The molecule has 0 atom stereocenters. The molecule has 0 saturated carbocycles. The third kappa shape index (κ3) is 8.96. The van der Waals surface area contributed by atoms with Gasteiger partial charge in [0.25, 0.3) is 0 Å². The van der Waals surface area contributed by atoms with Gasteiger partial charge in [0.1, 0.15) is 0 Å². The van der Waals surface area contributed by atoms with Gasteiger partial charge in [-0.3, -0.25) is 0 Å². The van der Waals surface area contributed by atoms with Crippen LogP contribution in [0.1, 0.15) is 0 Å². The van der Waals surface area contributed by atoms with Crippen LogP contribution in [0, 0.1) is 0 Å². The predicted molar refractivity (Wildman–Crippen MR) is 37.9 cm³/mol. The van der Waals surface area contributed by atoms with Crippen LogP contribution in [0.5, 0.6) is 0 Å². The standard InChI is InChI=1S/C2H5Br2N.ClH/c3-2(4)1-5;/h2H,1,5H2;1H. The Kier molecular flexibility index (Phi) is 10.6. The Balaban J connectivity index is 0. The summed E-state index contributed by atoms with van der Waals surface area (Å²) in [7, 11) is 0. The van der Waals surface area contributed by atoms with Crippen molar-refractivity contribution in [2.45, 2.75) is 3.74 Å². The maximum absolute atomic E-state index is 5.08. The molecule has 0 radical (unpaired) electrons. The summed E-state index contributed by atoms with van der Waals surface area (Å²) in [6.45, 7) is 0.639. The molecule has 1 nitrogen and oxygen atoms in total. The molecule has 40 valence electrons. The highest BCUT2D eigenvalue weighted by molar-refractivity contribution is 9.24. The van der Waals surface area contributed by atoms with Crippen molar-refractivity contribution < 1.29 is 0 Å². The summed E-state index contributed by atoms with van der Waals surface area (Å²) in [5.41, 5.74) is 5.08. The van der Waals surface area contributed by atoms with Crippen LogP contribution in [0.25, 0.3) is 0 Å². The molecule has 0 aliphatic carbocycles. The van der Waals surface area contributed by atoms with E-state index < -0.39 is 0 Å². The molecular formula is C2H6Br2ClN. The second kappa shape index (κ2) is 6.21. The van der Waals surface area contributed by atoms with Crippen molar-refractivity contribution in [3.8, 4) is 0 Å². The molecule has 0 amide bonds. The number of nitrogens with two attached hydrogens (primary N) is 1. The molecule has 0 unspecified atom stereocenters. The monoisotopic (exact) mass is 237 g/mol. The van der Waals surface area contributed by atoms with E-state index in [1.165, 1.54) is 0 Å². The van der Waals surface area contributed by atoms with E-state index in [0.717, 1.165) is 0 Å². The molecule has 6 heavy (non-hydrogen) atoms. The van der Waals surface area contributed by atoms with Gasteiger partial charge < -0.3 is 5.73 Å². The van der Waals surface area contributed by atoms with Crippen molar-refractivity contribution >= 4 is 44.3 Å². The smallest absolute Gasteiger partial charge is 0.0819 e. The first kappa shape index (κ1) is 10.2. The van der Waals surface area contributed by atoms with E-state index in [2.05, 4.69) is 31.9 Å². The van der Waals surface area contributed by atoms with Gasteiger partial charge in [-0.25, -0.2) is 0 Å². The number of alkyl halides is 2. The number of halogens is 3. The van der Waals surface area contributed by atoms with E-state index >= 15 is 0 Å². The molecule has 0 aliphatic heterocycles. The highest BCUT2D eigenvalue weighted by Crippen LogP contribution is 2.02. The lowest BCUT2D eigenvalue weighted by Crippen LogP contribution is -2.05. The molecule has 0 saturated heterocycles. The van der Waals surface area contributed by atoms with E-state index in [1.807, 2.05) is 0 Å². The second-order valence-electron chi connectivity index (χ2n) is 0.627. The van der Waals surface area contributed by atoms with Gasteiger partial charge in [0.05, 0.1) is 3.74 Å². The van der Waals surface area contributed by atoms with Crippen LogP contribution < -0.4 is 5.73 Å². The van der Waals surface area contributed by atoms with E-state index in [0.29, 0.717) is 6.54 Å². The number of hydrogen-bond acceptors (Lipinski definition) is 1. The van der Waals surface area contributed by atoms with E-state index in [-0.39, 0.29) is 16.1 Å². The van der Waals surface area contributed by atoms with E-state index in [4.69, 9.17) is 5.73 Å². The minimum absolute atomic E-state index is 0. The molecule has 0 rings (SSSR count). The zero-order chi connectivity index (χ0) is 4.28. The Morgan fingerprint density at radius 1 is 1.50 bits per heavy atom. The molecule has 0 bridgehead atoms. The SMILES string of the molecule is Cl.NCC(Br)Br. The summed E-state index contributed by atoms with van der Waals surface area (Å²) in [6.07, 6.45) is 0. The van der Waals surface area contributed by atoms with Gasteiger partial charge in [-0.1, -0.05) is 31.9 Å². The minimum atomic E-state index is 0. The maximum Gasteiger partial charge on any atom is 0.0819 e. The summed E-state index contributed by atoms with van der Waals surface area (Å²) in [4.78, 5) is 0. The summed E-state index contributed by atoms with van der Waals surface area (Å²) in [6, 6.07) is 0. The lowest BCUT2D eigenvalue weighted by atomic mass is 10.8.